The predicted octanol–water partition coefficient (Wildman–Crippen LogP) is 5.13. The van der Waals surface area contributed by atoms with Gasteiger partial charge in [0, 0.05) is 28.0 Å². The number of carbonyl (C=O) groups excluding carboxylic acids is 1. The third-order valence-corrected chi connectivity index (χ3v) is 6.03. The van der Waals surface area contributed by atoms with Crippen LogP contribution in [0.2, 0.25) is 5.02 Å². The molecule has 5 rings (SSSR count). The van der Waals surface area contributed by atoms with Crippen LogP contribution in [0.15, 0.2) is 87.5 Å². The molecule has 1 aliphatic heterocycles. The molecular weight excluding hydrogens is 500 g/mol. The molecule has 11 heteroatoms. The Morgan fingerprint density at radius 3 is 2.72 bits per heavy atom. The number of aromatic nitrogens is 2. The number of thiocarbonyl (C=S) groups is 1. The van der Waals surface area contributed by atoms with Gasteiger partial charge in [-0.3, -0.25) is 10.1 Å². The molecule has 2 aromatic carbocycles. The van der Waals surface area contributed by atoms with Gasteiger partial charge in [-0.15, -0.1) is 0 Å². The van der Waals surface area contributed by atoms with Crippen molar-refractivity contribution < 1.29 is 14.3 Å². The number of oxazole rings is 1. The van der Waals surface area contributed by atoms with Crippen molar-refractivity contribution in [3.05, 3.63) is 94.3 Å². The second-order valence-electron chi connectivity index (χ2n) is 7.87. The molecule has 180 valence electrons. The quantitative estimate of drug-likeness (QED) is 0.268. The summed E-state index contributed by atoms with van der Waals surface area (Å²) in [4.78, 5) is 26.7. The smallest absolute Gasteiger partial charge is 0.302 e. The molecule has 0 fully saturated rings. The number of halogens is 1. The zero-order chi connectivity index (χ0) is 25.2. The summed E-state index contributed by atoms with van der Waals surface area (Å²) in [5, 5.41) is 18.7. The third kappa shape index (κ3) is 4.77. The first-order chi connectivity index (χ1) is 17.4. The van der Waals surface area contributed by atoms with E-state index in [1.165, 1.54) is 12.3 Å². The number of aliphatic imine (C=N–C) groups is 1. The molecule has 0 aliphatic carbocycles. The number of para-hydroxylation sites is 2. The summed E-state index contributed by atoms with van der Waals surface area (Å²) in [6, 6.07) is 17.1. The van der Waals surface area contributed by atoms with Gasteiger partial charge in [0.05, 0.1) is 5.57 Å². The molecule has 0 bridgehead atoms. The van der Waals surface area contributed by atoms with E-state index in [1.807, 2.05) is 36.4 Å². The summed E-state index contributed by atoms with van der Waals surface area (Å²) in [7, 11) is 0. The van der Waals surface area contributed by atoms with Crippen molar-refractivity contribution in [1.82, 2.24) is 15.3 Å². The van der Waals surface area contributed by atoms with E-state index in [1.54, 1.807) is 25.1 Å². The molecule has 0 saturated heterocycles. The molecule has 4 N–H and O–H groups in total. The minimum atomic E-state index is -0.742. The summed E-state index contributed by atoms with van der Waals surface area (Å²) >= 11 is 11.3. The van der Waals surface area contributed by atoms with Crippen LogP contribution in [0.3, 0.4) is 0 Å². The minimum absolute atomic E-state index is 0.228. The number of nitrogens with one attached hydrogen (secondary N) is 3. The molecule has 0 radical (unpaired) electrons. The standard InChI is InChI=1S/C25H19ClN6O3S/c1-13-20(22(33)30-19-12-14(23(34)36)10-11-27-19)21(15-6-2-3-7-16(15)26)31-24(28-13)32-25-29-17-8-4-5-9-18(17)35-25/h2-12,21H,1H3,(H,34,36)(H,27,30,33)(H2,28,29,31,32). The fraction of sp³-hybridized carbons (Fsp3) is 0.0800. The average molecular weight is 519 g/mol. The Morgan fingerprint density at radius 1 is 1.17 bits per heavy atom. The zero-order valence-electron chi connectivity index (χ0n) is 18.8. The van der Waals surface area contributed by atoms with Crippen LogP contribution in [0.4, 0.5) is 11.8 Å². The Morgan fingerprint density at radius 2 is 1.94 bits per heavy atom. The first-order valence-electron chi connectivity index (χ1n) is 10.8. The average Bonchev–Trinajstić information content (AvgIpc) is 3.26. The van der Waals surface area contributed by atoms with Gasteiger partial charge in [0.1, 0.15) is 17.4 Å². The van der Waals surface area contributed by atoms with Crippen LogP contribution in [0, 0.1) is 0 Å². The normalized spacial score (nSPS) is 15.3. The Balaban J connectivity index is 1.48. The molecule has 0 spiro atoms. The number of pyridine rings is 1. The van der Waals surface area contributed by atoms with E-state index in [0.717, 1.165) is 0 Å². The first-order valence-corrected chi connectivity index (χ1v) is 11.6. The van der Waals surface area contributed by atoms with Crippen molar-refractivity contribution in [3.63, 3.8) is 0 Å². The highest BCUT2D eigenvalue weighted by molar-refractivity contribution is 7.80. The number of aliphatic hydroxyl groups excluding tert-OH is 1. The number of allylic oxidation sites excluding steroid dienone is 1. The number of aliphatic hydroxyl groups is 1. The van der Waals surface area contributed by atoms with Crippen molar-refractivity contribution in [2.24, 2.45) is 4.99 Å². The maximum absolute atomic E-state index is 13.4. The largest absolute Gasteiger partial charge is 0.499 e. The van der Waals surface area contributed by atoms with Crippen molar-refractivity contribution in [2.45, 2.75) is 13.0 Å². The Labute approximate surface area is 215 Å². The Bertz CT molecular complexity index is 1530. The van der Waals surface area contributed by atoms with E-state index in [2.05, 4.69) is 25.9 Å². The van der Waals surface area contributed by atoms with E-state index in [-0.39, 0.29) is 16.9 Å². The number of benzene rings is 2. The van der Waals surface area contributed by atoms with Crippen LogP contribution in [-0.2, 0) is 4.79 Å². The number of guanidine groups is 1. The van der Waals surface area contributed by atoms with Crippen LogP contribution < -0.4 is 16.0 Å². The van der Waals surface area contributed by atoms with Gasteiger partial charge in [-0.1, -0.05) is 41.9 Å². The van der Waals surface area contributed by atoms with E-state index in [4.69, 9.17) is 33.2 Å². The van der Waals surface area contributed by atoms with Crippen molar-refractivity contribution in [1.29, 1.82) is 0 Å². The van der Waals surface area contributed by atoms with Gasteiger partial charge in [-0.05, 0) is 49.5 Å². The molecule has 1 aliphatic rings. The molecule has 9 nitrogen and oxygen atoms in total. The molecule has 1 unspecified atom stereocenters. The lowest BCUT2D eigenvalue weighted by molar-refractivity contribution is -0.113. The molecular formula is C25H19ClN6O3S. The first kappa shape index (κ1) is 23.5. The van der Waals surface area contributed by atoms with Gasteiger partial charge in [-0.2, -0.15) is 4.98 Å². The summed E-state index contributed by atoms with van der Waals surface area (Å²) in [5.41, 5.74) is 3.21. The number of hydrogen-bond donors (Lipinski definition) is 4. The monoisotopic (exact) mass is 518 g/mol. The fourth-order valence-electron chi connectivity index (χ4n) is 3.80. The highest BCUT2D eigenvalue weighted by Crippen LogP contribution is 2.35. The van der Waals surface area contributed by atoms with E-state index in [0.29, 0.717) is 44.5 Å². The molecule has 36 heavy (non-hydrogen) atoms. The number of hydrogen-bond acceptors (Lipinski definition) is 8. The van der Waals surface area contributed by atoms with Crippen molar-refractivity contribution >= 4 is 63.7 Å². The summed E-state index contributed by atoms with van der Waals surface area (Å²) < 4.78 is 5.75. The lowest BCUT2D eigenvalue weighted by Crippen LogP contribution is -2.37. The van der Waals surface area contributed by atoms with Crippen LogP contribution in [0.1, 0.15) is 24.1 Å². The zero-order valence-corrected chi connectivity index (χ0v) is 20.4. The molecule has 1 atom stereocenters. The summed E-state index contributed by atoms with van der Waals surface area (Å²) in [6.45, 7) is 1.76. The number of carbonyl (C=O) groups is 1. The molecule has 0 saturated carbocycles. The van der Waals surface area contributed by atoms with E-state index in [9.17, 15) is 9.90 Å². The lowest BCUT2D eigenvalue weighted by atomic mass is 9.95. The van der Waals surface area contributed by atoms with Gasteiger partial charge >= 0.3 is 6.01 Å². The molecule has 1 amide bonds. The number of amides is 1. The van der Waals surface area contributed by atoms with Crippen LogP contribution in [0.25, 0.3) is 11.1 Å². The molecule has 3 heterocycles. The highest BCUT2D eigenvalue weighted by Gasteiger charge is 2.31. The fourth-order valence-corrected chi connectivity index (χ4v) is 4.16. The van der Waals surface area contributed by atoms with Gasteiger partial charge < -0.3 is 20.2 Å². The summed E-state index contributed by atoms with van der Waals surface area (Å²) in [6.07, 6.45) is 1.44. The number of rotatable bonds is 5. The number of nitrogens with zero attached hydrogens (tertiary/aromatic N) is 3. The van der Waals surface area contributed by atoms with Gasteiger partial charge in [-0.25, -0.2) is 9.98 Å². The SMILES string of the molecule is CC1=C(C(=O)Nc2cc(C(O)=S)ccn2)C(c2ccccc2Cl)N=C(Nc2nc3ccccc3o2)N1. The van der Waals surface area contributed by atoms with Crippen molar-refractivity contribution in [2.75, 3.05) is 10.6 Å². The highest BCUT2D eigenvalue weighted by atomic mass is 35.5. The number of anilines is 2. The van der Waals surface area contributed by atoms with E-state index < -0.39 is 11.9 Å². The third-order valence-electron chi connectivity index (χ3n) is 5.45. The van der Waals surface area contributed by atoms with Crippen LogP contribution in [0.5, 0.6) is 0 Å². The lowest BCUT2D eigenvalue weighted by Gasteiger charge is -2.26. The molecule has 2 aromatic heterocycles. The van der Waals surface area contributed by atoms with Crippen molar-refractivity contribution in [3.8, 4) is 0 Å². The van der Waals surface area contributed by atoms with Crippen LogP contribution in [-0.4, -0.2) is 32.0 Å². The maximum atomic E-state index is 13.4. The molecule has 4 aromatic rings. The number of fused-ring (bicyclic) bond motifs is 1. The minimum Gasteiger partial charge on any atom is -0.499 e. The predicted molar refractivity (Wildman–Crippen MR) is 142 cm³/mol. The van der Waals surface area contributed by atoms with E-state index >= 15 is 0 Å². The maximum Gasteiger partial charge on any atom is 0.302 e. The van der Waals surface area contributed by atoms with Gasteiger partial charge in [0.25, 0.3) is 5.91 Å². The second-order valence-corrected chi connectivity index (χ2v) is 8.66. The summed E-state index contributed by atoms with van der Waals surface area (Å²) in [5.74, 6) is 0.126. The van der Waals surface area contributed by atoms with Gasteiger partial charge in [0.15, 0.2) is 10.6 Å². The topological polar surface area (TPSA) is 125 Å². The Hall–Kier alpha value is -4.28. The van der Waals surface area contributed by atoms with Crippen LogP contribution >= 0.6 is 23.8 Å². The Kier molecular flexibility index (Phi) is 6.36. The van der Waals surface area contributed by atoms with Gasteiger partial charge in [0.2, 0.25) is 5.96 Å². The second kappa shape index (κ2) is 9.76.